The Morgan fingerprint density at radius 3 is 2.90 bits per heavy atom. The number of esters is 1. The molecule has 0 atom stereocenters. The van der Waals surface area contributed by atoms with Crippen LogP contribution in [0.25, 0.3) is 6.08 Å². The Morgan fingerprint density at radius 1 is 1.35 bits per heavy atom. The molecule has 5 heteroatoms. The lowest BCUT2D eigenvalue weighted by atomic mass is 10.1. The zero-order valence-corrected chi connectivity index (χ0v) is 11.4. The maximum absolute atomic E-state index is 12.2. The largest absolute Gasteiger partial charge is 0.465 e. The van der Waals surface area contributed by atoms with Gasteiger partial charge in [0.2, 0.25) is 5.78 Å². The molecule has 0 saturated heterocycles. The van der Waals surface area contributed by atoms with Crippen molar-refractivity contribution in [2.75, 3.05) is 7.11 Å². The van der Waals surface area contributed by atoms with E-state index in [1.54, 1.807) is 18.2 Å². The maximum atomic E-state index is 12.2. The summed E-state index contributed by atoms with van der Waals surface area (Å²) in [5.74, 6) is 0.0327. The lowest BCUT2D eigenvalue weighted by molar-refractivity contribution is 0.0600. The quantitative estimate of drug-likeness (QED) is 0.628. The predicted octanol–water partition coefficient (Wildman–Crippen LogP) is 3.15. The highest BCUT2D eigenvalue weighted by atomic mass is 32.1. The number of hydrogen-bond donors (Lipinski definition) is 0. The van der Waals surface area contributed by atoms with Gasteiger partial charge in [0.25, 0.3) is 0 Å². The second-order valence-electron chi connectivity index (χ2n) is 4.16. The first-order valence-electron chi connectivity index (χ1n) is 5.89. The number of carbonyl (C=O) groups excluding carboxylic acids is 2. The molecule has 0 bridgehead atoms. The monoisotopic (exact) mass is 286 g/mol. The summed E-state index contributed by atoms with van der Waals surface area (Å²) in [5, 5.41) is 1.92. The molecule has 1 aliphatic heterocycles. The van der Waals surface area contributed by atoms with E-state index in [1.165, 1.54) is 24.5 Å². The molecule has 0 unspecified atom stereocenters. The number of thiophene rings is 1. The van der Waals surface area contributed by atoms with Crippen LogP contribution in [0.4, 0.5) is 0 Å². The fraction of sp³-hybridized carbons (Fsp3) is 0.0667. The molecule has 0 N–H and O–H groups in total. The molecule has 4 nitrogen and oxygen atoms in total. The topological polar surface area (TPSA) is 52.6 Å². The number of fused-ring (bicyclic) bond motifs is 1. The van der Waals surface area contributed by atoms with Crippen molar-refractivity contribution in [3.05, 3.63) is 57.5 Å². The van der Waals surface area contributed by atoms with Gasteiger partial charge in [0, 0.05) is 11.0 Å². The van der Waals surface area contributed by atoms with Crippen molar-refractivity contribution >= 4 is 29.2 Å². The van der Waals surface area contributed by atoms with Gasteiger partial charge in [-0.1, -0.05) is 6.07 Å². The Bertz CT molecular complexity index is 713. The van der Waals surface area contributed by atoms with Crippen LogP contribution in [0.1, 0.15) is 25.6 Å². The molecule has 1 aromatic heterocycles. The van der Waals surface area contributed by atoms with Crippen molar-refractivity contribution < 1.29 is 19.1 Å². The number of ether oxygens (including phenoxy) is 2. The van der Waals surface area contributed by atoms with Crippen LogP contribution in [-0.4, -0.2) is 18.9 Å². The van der Waals surface area contributed by atoms with E-state index in [4.69, 9.17) is 4.74 Å². The van der Waals surface area contributed by atoms with Crippen LogP contribution in [0, 0.1) is 0 Å². The van der Waals surface area contributed by atoms with Gasteiger partial charge in [-0.05, 0) is 29.6 Å². The van der Waals surface area contributed by atoms with Crippen molar-refractivity contribution in [3.63, 3.8) is 0 Å². The Kier molecular flexibility index (Phi) is 3.12. The van der Waals surface area contributed by atoms with Crippen molar-refractivity contribution in [2.45, 2.75) is 0 Å². The molecule has 1 aliphatic rings. The first-order chi connectivity index (χ1) is 9.69. The molecular weight excluding hydrogens is 276 g/mol. The predicted molar refractivity (Wildman–Crippen MR) is 75.0 cm³/mol. The van der Waals surface area contributed by atoms with Crippen LogP contribution < -0.4 is 4.74 Å². The van der Waals surface area contributed by atoms with Crippen LogP contribution >= 0.6 is 11.3 Å². The van der Waals surface area contributed by atoms with Gasteiger partial charge in [0.1, 0.15) is 5.75 Å². The minimum Gasteiger partial charge on any atom is -0.465 e. The Labute approximate surface area is 119 Å². The number of hydrogen-bond acceptors (Lipinski definition) is 5. The van der Waals surface area contributed by atoms with Crippen molar-refractivity contribution in [1.29, 1.82) is 0 Å². The van der Waals surface area contributed by atoms with E-state index < -0.39 is 5.97 Å². The zero-order chi connectivity index (χ0) is 14.1. The molecule has 0 fully saturated rings. The average molecular weight is 286 g/mol. The smallest absolute Gasteiger partial charge is 0.337 e. The second-order valence-corrected chi connectivity index (χ2v) is 5.14. The van der Waals surface area contributed by atoms with Crippen LogP contribution in [0.15, 0.2) is 41.5 Å². The number of rotatable bonds is 2. The van der Waals surface area contributed by atoms with Crippen molar-refractivity contribution in [2.24, 2.45) is 0 Å². The lowest BCUT2D eigenvalue weighted by Crippen LogP contribution is -2.02. The minimum atomic E-state index is -0.476. The van der Waals surface area contributed by atoms with Crippen molar-refractivity contribution in [3.8, 4) is 5.75 Å². The number of ketones is 1. The van der Waals surface area contributed by atoms with Crippen LogP contribution in [-0.2, 0) is 4.74 Å². The van der Waals surface area contributed by atoms with Gasteiger partial charge in [-0.15, -0.1) is 11.3 Å². The molecule has 0 radical (unpaired) electrons. The molecule has 0 amide bonds. The first-order valence-corrected chi connectivity index (χ1v) is 6.77. The molecule has 0 aliphatic carbocycles. The number of methoxy groups -OCH3 is 1. The van der Waals surface area contributed by atoms with E-state index in [9.17, 15) is 9.59 Å². The number of benzene rings is 1. The number of allylic oxidation sites excluding steroid dienone is 1. The molecule has 2 heterocycles. The summed E-state index contributed by atoms with van der Waals surface area (Å²) in [6.07, 6.45) is 1.70. The highest BCUT2D eigenvalue weighted by molar-refractivity contribution is 7.10. The SMILES string of the molecule is COC(=O)c1ccc2c(c1)C(=O)C(=Cc1cccs1)O2. The molecule has 2 aromatic rings. The van der Waals surface area contributed by atoms with Crippen LogP contribution in [0.5, 0.6) is 5.75 Å². The molecular formula is C15H10O4S. The fourth-order valence-corrected chi connectivity index (χ4v) is 2.58. The first kappa shape index (κ1) is 12.6. The van der Waals surface area contributed by atoms with Gasteiger partial charge in [-0.2, -0.15) is 0 Å². The maximum Gasteiger partial charge on any atom is 0.337 e. The average Bonchev–Trinajstić information content (AvgIpc) is 3.08. The minimum absolute atomic E-state index is 0.223. The van der Waals surface area contributed by atoms with Gasteiger partial charge in [0.05, 0.1) is 18.2 Å². The summed E-state index contributed by atoms with van der Waals surface area (Å²) in [7, 11) is 1.30. The highest BCUT2D eigenvalue weighted by Crippen LogP contribution is 2.33. The number of carbonyl (C=O) groups is 2. The molecule has 3 rings (SSSR count). The molecule has 1 aromatic carbocycles. The summed E-state index contributed by atoms with van der Waals surface area (Å²) in [6.45, 7) is 0. The lowest BCUT2D eigenvalue weighted by Gasteiger charge is -2.00. The van der Waals surface area contributed by atoms with E-state index in [2.05, 4.69) is 4.74 Å². The third-order valence-electron chi connectivity index (χ3n) is 2.91. The molecule has 20 heavy (non-hydrogen) atoms. The fourth-order valence-electron chi connectivity index (χ4n) is 1.94. The van der Waals surface area contributed by atoms with E-state index in [0.29, 0.717) is 16.9 Å². The van der Waals surface area contributed by atoms with Gasteiger partial charge in [-0.25, -0.2) is 4.79 Å². The van der Waals surface area contributed by atoms with Crippen LogP contribution in [0.2, 0.25) is 0 Å². The zero-order valence-electron chi connectivity index (χ0n) is 10.6. The van der Waals surface area contributed by atoms with E-state index in [-0.39, 0.29) is 11.5 Å². The van der Waals surface area contributed by atoms with E-state index >= 15 is 0 Å². The van der Waals surface area contributed by atoms with Gasteiger partial charge in [-0.3, -0.25) is 4.79 Å². The normalized spacial score (nSPS) is 15.1. The van der Waals surface area contributed by atoms with E-state index in [1.807, 2.05) is 17.5 Å². The standard InChI is InChI=1S/C15H10O4S/c1-18-15(17)9-4-5-12-11(7-9)14(16)13(19-12)8-10-3-2-6-20-10/h2-8H,1H3. The van der Waals surface area contributed by atoms with Crippen molar-refractivity contribution in [1.82, 2.24) is 0 Å². The summed E-state index contributed by atoms with van der Waals surface area (Å²) in [6, 6.07) is 8.48. The van der Waals surface area contributed by atoms with Gasteiger partial charge in [0.15, 0.2) is 5.76 Å². The highest BCUT2D eigenvalue weighted by Gasteiger charge is 2.28. The summed E-state index contributed by atoms with van der Waals surface area (Å²) in [4.78, 5) is 24.7. The summed E-state index contributed by atoms with van der Waals surface area (Å²) in [5.41, 5.74) is 0.719. The van der Waals surface area contributed by atoms with Crippen LogP contribution in [0.3, 0.4) is 0 Å². The molecule has 0 spiro atoms. The Morgan fingerprint density at radius 2 is 2.20 bits per heavy atom. The molecule has 0 saturated carbocycles. The second kappa shape index (κ2) is 4.94. The Balaban J connectivity index is 1.97. The van der Waals surface area contributed by atoms with Gasteiger partial charge < -0.3 is 9.47 Å². The number of Topliss-reactive ketones (excluding diaryl/α,β-unsaturated/α-hetero) is 1. The third kappa shape index (κ3) is 2.12. The Hall–Kier alpha value is -2.40. The van der Waals surface area contributed by atoms with Gasteiger partial charge >= 0.3 is 5.97 Å². The summed E-state index contributed by atoms with van der Waals surface area (Å²) >= 11 is 1.52. The molecule has 100 valence electrons. The van der Waals surface area contributed by atoms with E-state index in [0.717, 1.165) is 4.88 Å². The third-order valence-corrected chi connectivity index (χ3v) is 3.72. The summed E-state index contributed by atoms with van der Waals surface area (Å²) < 4.78 is 10.2.